The van der Waals surface area contributed by atoms with Crippen LogP contribution in [0.4, 0.5) is 29.3 Å². The van der Waals surface area contributed by atoms with Crippen LogP contribution in [0.15, 0.2) is 72.8 Å². The first-order valence-corrected chi connectivity index (χ1v) is 13.5. The fraction of sp³-hybridized carbons (Fsp3) is 0.179. The van der Waals surface area contributed by atoms with Gasteiger partial charge < -0.3 is 19.5 Å². The Labute approximate surface area is 239 Å². The number of urea groups is 1. The first kappa shape index (κ1) is 31.8. The first-order valence-electron chi connectivity index (χ1n) is 12.1. The average Bonchev–Trinajstić information content (AvgIpc) is 2.89. The fourth-order valence-electron chi connectivity index (χ4n) is 3.97. The highest BCUT2D eigenvalue weighted by atomic mass is 32.2. The first-order chi connectivity index (χ1) is 19.5. The monoisotopic (exact) mass is 604 g/mol. The van der Waals surface area contributed by atoms with Gasteiger partial charge in [0, 0.05) is 44.8 Å². The summed E-state index contributed by atoms with van der Waals surface area (Å²) in [5.74, 6) is -1.12. The van der Waals surface area contributed by atoms with Crippen LogP contribution in [0.5, 0.6) is 0 Å². The van der Waals surface area contributed by atoms with Gasteiger partial charge in [0.2, 0.25) is 0 Å². The van der Waals surface area contributed by atoms with Gasteiger partial charge in [-0.2, -0.15) is 28.3 Å². The van der Waals surface area contributed by atoms with Crippen LogP contribution >= 0.6 is 0 Å². The molecule has 0 saturated heterocycles. The van der Waals surface area contributed by atoms with E-state index in [1.165, 1.54) is 0 Å². The Morgan fingerprint density at radius 2 is 1.26 bits per heavy atom. The number of alkyl halides is 3. The molecule has 4 rings (SSSR count). The van der Waals surface area contributed by atoms with E-state index in [2.05, 4.69) is 10.3 Å². The molecule has 0 radical (unpaired) electrons. The van der Waals surface area contributed by atoms with Gasteiger partial charge in [-0.15, -0.1) is 0 Å². The number of halogens is 3. The lowest BCUT2D eigenvalue weighted by Gasteiger charge is -2.16. The number of aliphatic hydroxyl groups is 1. The van der Waals surface area contributed by atoms with Crippen molar-refractivity contribution in [3.8, 4) is 0 Å². The predicted molar refractivity (Wildman–Crippen MR) is 150 cm³/mol. The van der Waals surface area contributed by atoms with E-state index in [1.807, 2.05) is 98.7 Å². The second kappa shape index (κ2) is 12.4. The van der Waals surface area contributed by atoms with E-state index < -0.39 is 33.5 Å². The van der Waals surface area contributed by atoms with Crippen LogP contribution in [0.25, 0.3) is 11.1 Å². The van der Waals surface area contributed by atoms with Crippen LogP contribution < -0.4 is 30.5 Å². The zero-order valence-electron chi connectivity index (χ0n) is 22.9. The lowest BCUT2D eigenvalue weighted by molar-refractivity contribution is -0.354. The average molecular weight is 605 g/mol. The van der Waals surface area contributed by atoms with Crippen LogP contribution in [0.3, 0.4) is 0 Å². The molecule has 1 aliphatic rings. The molecule has 0 atom stereocenters. The molecule has 0 fully saturated rings. The highest BCUT2D eigenvalue weighted by Crippen LogP contribution is 2.25. The third-order valence-corrected chi connectivity index (χ3v) is 6.58. The molecule has 0 aromatic heterocycles. The normalized spacial score (nSPS) is 14.7. The molecule has 0 spiro atoms. The SMILES string of the molecule is CN(C)c1ccc(C(c2ccc(N(C)C)cc2)=c2cccc/c2=C2\C(=O)NC(=O)[NH+]=C2O)cc1.O=S(=O)([O-])C(F)(F)F. The van der Waals surface area contributed by atoms with E-state index >= 15 is 0 Å². The summed E-state index contributed by atoms with van der Waals surface area (Å²) in [7, 11) is 1.85. The van der Waals surface area contributed by atoms with E-state index in [-0.39, 0.29) is 5.57 Å². The second-order valence-corrected chi connectivity index (χ2v) is 10.7. The largest absolute Gasteiger partial charge is 0.741 e. The Morgan fingerprint density at radius 3 is 1.64 bits per heavy atom. The molecular weight excluding hydrogens is 577 g/mol. The Bertz CT molecular complexity index is 1700. The van der Waals surface area contributed by atoms with Crippen LogP contribution in [-0.4, -0.2) is 69.6 Å². The molecule has 0 aliphatic carbocycles. The number of amides is 3. The van der Waals surface area contributed by atoms with Gasteiger partial charge in [-0.05, 0) is 46.2 Å². The maximum atomic E-state index is 12.7. The number of aliphatic hydroxyl groups excluding tert-OH is 1. The molecule has 1 aliphatic heterocycles. The van der Waals surface area contributed by atoms with E-state index in [4.69, 9.17) is 13.0 Å². The number of rotatable bonds is 4. The Morgan fingerprint density at radius 1 is 0.833 bits per heavy atom. The molecular formula is C28H27F3N4O6S. The Kier molecular flexibility index (Phi) is 9.43. The molecule has 3 amide bonds. The van der Waals surface area contributed by atoms with Crippen molar-refractivity contribution >= 4 is 50.5 Å². The van der Waals surface area contributed by atoms with Crippen molar-refractivity contribution in [1.82, 2.24) is 5.32 Å². The van der Waals surface area contributed by atoms with Gasteiger partial charge in [0.1, 0.15) is 0 Å². The minimum absolute atomic E-state index is 0.0162. The molecule has 14 heteroatoms. The molecule has 10 nitrogen and oxygen atoms in total. The lowest BCUT2D eigenvalue weighted by Crippen LogP contribution is -2.85. The summed E-state index contributed by atoms with van der Waals surface area (Å²) in [6.45, 7) is 0. The van der Waals surface area contributed by atoms with Gasteiger partial charge in [0.25, 0.3) is 5.90 Å². The van der Waals surface area contributed by atoms with Gasteiger partial charge in [0.05, 0.1) is 0 Å². The summed E-state index contributed by atoms with van der Waals surface area (Å²) < 4.78 is 58.9. The highest BCUT2D eigenvalue weighted by molar-refractivity contribution is 7.86. The van der Waals surface area contributed by atoms with Crippen molar-refractivity contribution < 1.29 is 45.8 Å². The zero-order chi connectivity index (χ0) is 31.4. The minimum atomic E-state index is -6.09. The van der Waals surface area contributed by atoms with E-state index in [1.54, 1.807) is 12.1 Å². The molecule has 0 unspecified atom stereocenters. The van der Waals surface area contributed by atoms with Gasteiger partial charge in [-0.1, -0.05) is 48.5 Å². The number of carbonyl (C=O) groups is 2. The molecule has 222 valence electrons. The number of benzene rings is 3. The number of carbonyl (C=O) groups excluding carboxylic acids is 2. The number of hydrogen-bond acceptors (Lipinski definition) is 7. The predicted octanol–water partition coefficient (Wildman–Crippen LogP) is 0.555. The fourth-order valence-corrected chi connectivity index (χ4v) is 3.97. The number of anilines is 2. The maximum absolute atomic E-state index is 12.7. The number of nitrogens with one attached hydrogen (secondary N) is 2. The van der Waals surface area contributed by atoms with Crippen molar-refractivity contribution in [1.29, 1.82) is 0 Å². The van der Waals surface area contributed by atoms with Gasteiger partial charge in [-0.25, -0.2) is 13.2 Å². The summed E-state index contributed by atoms with van der Waals surface area (Å²) >= 11 is 0. The van der Waals surface area contributed by atoms with Crippen molar-refractivity contribution in [2.24, 2.45) is 0 Å². The Balaban J connectivity index is 0.000000531. The standard InChI is InChI=1S/C27H26N4O3.CHF3O3S/c1-30(2)19-13-9-17(10-14-19)23(18-11-15-20(16-12-18)31(3)4)21-7-5-6-8-22(21)24-25(32)28-27(34)29-26(24)33;2-1(3,4)8(5,6)7/h5-16H,1-4H3,(H2,28,29,32,33,34);(H,5,6,7). The number of hydrogen-bond donors (Lipinski definition) is 3. The summed E-state index contributed by atoms with van der Waals surface area (Å²) in [5.41, 5.74) is -0.693. The molecule has 3 aromatic carbocycles. The van der Waals surface area contributed by atoms with E-state index in [0.717, 1.165) is 33.3 Å². The molecule has 3 N–H and O–H groups in total. The van der Waals surface area contributed by atoms with Crippen LogP contribution in [0.1, 0.15) is 11.1 Å². The zero-order valence-corrected chi connectivity index (χ0v) is 23.7. The van der Waals surface area contributed by atoms with Crippen LogP contribution in [-0.2, 0) is 14.9 Å². The number of nitrogens with zero attached hydrogens (tertiary/aromatic N) is 2. The molecule has 3 aromatic rings. The summed E-state index contributed by atoms with van der Waals surface area (Å²) in [5, 5.41) is 14.0. The van der Waals surface area contributed by atoms with Crippen LogP contribution in [0, 0.1) is 0 Å². The van der Waals surface area contributed by atoms with E-state index in [0.29, 0.717) is 5.22 Å². The summed E-state index contributed by atoms with van der Waals surface area (Å²) in [4.78, 5) is 30.7. The van der Waals surface area contributed by atoms with Gasteiger partial charge in [0.15, 0.2) is 15.7 Å². The van der Waals surface area contributed by atoms with Gasteiger partial charge >= 0.3 is 17.4 Å². The quantitative estimate of drug-likeness (QED) is 0.290. The smallest absolute Gasteiger partial charge is 0.499 e. The molecule has 42 heavy (non-hydrogen) atoms. The van der Waals surface area contributed by atoms with Crippen LogP contribution in [0.2, 0.25) is 0 Å². The molecule has 0 bridgehead atoms. The number of imide groups is 1. The van der Waals surface area contributed by atoms with Crippen molar-refractivity contribution in [2.45, 2.75) is 5.51 Å². The lowest BCUT2D eigenvalue weighted by atomic mass is 9.93. The van der Waals surface area contributed by atoms with E-state index in [9.17, 15) is 27.9 Å². The molecule has 0 saturated carbocycles. The van der Waals surface area contributed by atoms with Crippen molar-refractivity contribution in [2.75, 3.05) is 38.0 Å². The Hall–Kier alpha value is -4.69. The third kappa shape index (κ3) is 7.33. The maximum Gasteiger partial charge on any atom is 0.499 e. The topological polar surface area (TPSA) is 144 Å². The molecule has 1 heterocycles. The second-order valence-electron chi connectivity index (χ2n) is 9.33. The third-order valence-electron chi connectivity index (χ3n) is 6.02. The summed E-state index contributed by atoms with van der Waals surface area (Å²) in [6, 6.07) is 22.9. The summed E-state index contributed by atoms with van der Waals surface area (Å²) in [6.07, 6.45) is 0. The minimum Gasteiger partial charge on any atom is -0.741 e. The van der Waals surface area contributed by atoms with Gasteiger partial charge in [-0.3, -0.25) is 0 Å². The van der Waals surface area contributed by atoms with Crippen molar-refractivity contribution in [3.05, 3.63) is 94.4 Å². The van der Waals surface area contributed by atoms with Crippen molar-refractivity contribution in [3.63, 3.8) is 0 Å². The highest BCUT2D eigenvalue weighted by Gasteiger charge is 2.37.